The Morgan fingerprint density at radius 3 is 2.72 bits per heavy atom. The van der Waals surface area contributed by atoms with Crippen LogP contribution in [0.3, 0.4) is 0 Å². The molecule has 0 unspecified atom stereocenters. The van der Waals surface area contributed by atoms with E-state index in [4.69, 9.17) is 0 Å². The SMILES string of the molecule is O=[N+]([O-])c1c(N2CCCCC2)nc2ccccn12. The fourth-order valence-electron chi connectivity index (χ4n) is 2.46. The van der Waals surface area contributed by atoms with E-state index in [1.807, 2.05) is 11.0 Å². The van der Waals surface area contributed by atoms with Gasteiger partial charge in [0.15, 0.2) is 0 Å². The average Bonchev–Trinajstić information content (AvgIpc) is 2.79. The molecule has 0 bridgehead atoms. The van der Waals surface area contributed by atoms with Gasteiger partial charge in [-0.15, -0.1) is 0 Å². The molecule has 3 rings (SSSR count). The van der Waals surface area contributed by atoms with Gasteiger partial charge >= 0.3 is 5.82 Å². The van der Waals surface area contributed by atoms with Crippen molar-refractivity contribution in [2.45, 2.75) is 19.3 Å². The van der Waals surface area contributed by atoms with Crippen molar-refractivity contribution in [1.29, 1.82) is 0 Å². The van der Waals surface area contributed by atoms with Crippen molar-refractivity contribution in [3.63, 3.8) is 0 Å². The first kappa shape index (κ1) is 11.0. The predicted molar refractivity (Wildman–Crippen MR) is 67.9 cm³/mol. The summed E-state index contributed by atoms with van der Waals surface area (Å²) in [5.41, 5.74) is 0.629. The number of hydrogen-bond donors (Lipinski definition) is 0. The number of hydrogen-bond acceptors (Lipinski definition) is 4. The van der Waals surface area contributed by atoms with E-state index in [9.17, 15) is 10.1 Å². The van der Waals surface area contributed by atoms with E-state index in [1.54, 1.807) is 22.7 Å². The van der Waals surface area contributed by atoms with Crippen LogP contribution in [0.25, 0.3) is 5.65 Å². The highest BCUT2D eigenvalue weighted by Gasteiger charge is 2.27. The average molecular weight is 246 g/mol. The van der Waals surface area contributed by atoms with Crippen molar-refractivity contribution in [2.75, 3.05) is 18.0 Å². The van der Waals surface area contributed by atoms with Crippen molar-refractivity contribution in [3.8, 4) is 0 Å². The number of fused-ring (bicyclic) bond motifs is 1. The first-order valence-corrected chi connectivity index (χ1v) is 6.14. The summed E-state index contributed by atoms with van der Waals surface area (Å²) in [6, 6.07) is 5.41. The monoisotopic (exact) mass is 246 g/mol. The Hall–Kier alpha value is -2.11. The summed E-state index contributed by atoms with van der Waals surface area (Å²) < 4.78 is 1.55. The Balaban J connectivity index is 2.14. The van der Waals surface area contributed by atoms with Crippen molar-refractivity contribution in [3.05, 3.63) is 34.5 Å². The van der Waals surface area contributed by atoms with Crippen LogP contribution >= 0.6 is 0 Å². The number of anilines is 1. The highest BCUT2D eigenvalue weighted by atomic mass is 16.6. The van der Waals surface area contributed by atoms with E-state index in [1.165, 1.54) is 6.42 Å². The maximum absolute atomic E-state index is 11.3. The van der Waals surface area contributed by atoms with Crippen LogP contribution in [0.5, 0.6) is 0 Å². The maximum Gasteiger partial charge on any atom is 0.372 e. The smallest absolute Gasteiger partial charge is 0.358 e. The molecular formula is C12H14N4O2. The third kappa shape index (κ3) is 1.70. The molecule has 18 heavy (non-hydrogen) atoms. The van der Waals surface area contributed by atoms with Crippen LogP contribution in [-0.4, -0.2) is 27.4 Å². The molecule has 6 nitrogen and oxygen atoms in total. The molecule has 1 aliphatic heterocycles. The zero-order valence-corrected chi connectivity index (χ0v) is 9.95. The Bertz CT molecular complexity index is 587. The van der Waals surface area contributed by atoms with Crippen LogP contribution in [0, 0.1) is 10.1 Å². The van der Waals surface area contributed by atoms with Gasteiger partial charge in [0.1, 0.15) is 0 Å². The summed E-state index contributed by atoms with van der Waals surface area (Å²) in [6.07, 6.45) is 5.03. The van der Waals surface area contributed by atoms with Crippen LogP contribution in [0.2, 0.25) is 0 Å². The van der Waals surface area contributed by atoms with Gasteiger partial charge < -0.3 is 15.0 Å². The van der Waals surface area contributed by atoms with Crippen LogP contribution in [0.1, 0.15) is 19.3 Å². The molecule has 3 heterocycles. The van der Waals surface area contributed by atoms with Gasteiger partial charge in [0.05, 0.1) is 6.20 Å². The summed E-state index contributed by atoms with van der Waals surface area (Å²) in [5, 5.41) is 11.3. The number of rotatable bonds is 2. The second-order valence-electron chi connectivity index (χ2n) is 4.49. The fourth-order valence-corrected chi connectivity index (χ4v) is 2.46. The minimum absolute atomic E-state index is 0.0764. The summed E-state index contributed by atoms with van der Waals surface area (Å²) >= 11 is 0. The van der Waals surface area contributed by atoms with E-state index in [0.717, 1.165) is 25.9 Å². The van der Waals surface area contributed by atoms with Gasteiger partial charge in [0.2, 0.25) is 11.5 Å². The number of pyridine rings is 1. The molecule has 1 aliphatic rings. The molecule has 0 radical (unpaired) electrons. The molecule has 0 spiro atoms. The lowest BCUT2D eigenvalue weighted by molar-refractivity contribution is -0.389. The normalized spacial score (nSPS) is 16.1. The van der Waals surface area contributed by atoms with Gasteiger partial charge in [0, 0.05) is 19.2 Å². The second kappa shape index (κ2) is 4.29. The Kier molecular flexibility index (Phi) is 2.62. The van der Waals surface area contributed by atoms with E-state index in [0.29, 0.717) is 11.5 Å². The molecule has 0 aromatic carbocycles. The standard InChI is InChI=1S/C12H14N4O2/c17-16(18)12-11(14-7-3-1-4-8-14)13-10-6-2-5-9-15(10)12/h2,5-6,9H,1,3-4,7-8H2. The number of piperidine rings is 1. The first-order valence-electron chi connectivity index (χ1n) is 6.14. The minimum atomic E-state index is -0.343. The molecule has 94 valence electrons. The van der Waals surface area contributed by atoms with Gasteiger partial charge in [-0.05, 0) is 30.3 Å². The lowest BCUT2D eigenvalue weighted by atomic mass is 10.1. The zero-order chi connectivity index (χ0) is 12.5. The topological polar surface area (TPSA) is 63.7 Å². The Labute approximate surface area is 104 Å². The molecule has 1 saturated heterocycles. The molecule has 0 amide bonds. The molecule has 0 atom stereocenters. The molecule has 1 fully saturated rings. The Morgan fingerprint density at radius 2 is 2.00 bits per heavy atom. The van der Waals surface area contributed by atoms with Crippen LogP contribution < -0.4 is 4.90 Å². The van der Waals surface area contributed by atoms with E-state index in [-0.39, 0.29) is 10.7 Å². The molecule has 2 aromatic heterocycles. The molecular weight excluding hydrogens is 232 g/mol. The van der Waals surface area contributed by atoms with Crippen molar-refractivity contribution >= 4 is 17.3 Å². The fraction of sp³-hybridized carbons (Fsp3) is 0.417. The van der Waals surface area contributed by atoms with Crippen molar-refractivity contribution in [2.24, 2.45) is 0 Å². The lowest BCUT2D eigenvalue weighted by Gasteiger charge is -2.25. The Morgan fingerprint density at radius 1 is 1.22 bits per heavy atom. The predicted octanol–water partition coefficient (Wildman–Crippen LogP) is 2.23. The van der Waals surface area contributed by atoms with Gasteiger partial charge in [0.25, 0.3) is 0 Å². The molecule has 0 N–H and O–H groups in total. The second-order valence-corrected chi connectivity index (χ2v) is 4.49. The van der Waals surface area contributed by atoms with Crippen LogP contribution in [0.15, 0.2) is 24.4 Å². The third-order valence-corrected chi connectivity index (χ3v) is 3.32. The van der Waals surface area contributed by atoms with Gasteiger partial charge in [-0.3, -0.25) is 0 Å². The quantitative estimate of drug-likeness (QED) is 0.602. The summed E-state index contributed by atoms with van der Waals surface area (Å²) in [4.78, 5) is 17.3. The van der Waals surface area contributed by atoms with Crippen molar-refractivity contribution in [1.82, 2.24) is 9.38 Å². The van der Waals surface area contributed by atoms with Gasteiger partial charge in [-0.25, -0.2) is 0 Å². The summed E-state index contributed by atoms with van der Waals surface area (Å²) in [5.74, 6) is 0.582. The number of nitro groups is 1. The van der Waals surface area contributed by atoms with Gasteiger partial charge in [-0.2, -0.15) is 9.38 Å². The highest BCUT2D eigenvalue weighted by molar-refractivity contribution is 5.63. The van der Waals surface area contributed by atoms with Crippen LogP contribution in [-0.2, 0) is 0 Å². The summed E-state index contributed by atoms with van der Waals surface area (Å²) in [7, 11) is 0. The molecule has 6 heteroatoms. The van der Waals surface area contributed by atoms with Gasteiger partial charge in [-0.1, -0.05) is 6.07 Å². The minimum Gasteiger partial charge on any atom is -0.358 e. The van der Waals surface area contributed by atoms with Crippen LogP contribution in [0.4, 0.5) is 11.6 Å². The lowest BCUT2D eigenvalue weighted by Crippen LogP contribution is -2.30. The number of nitrogens with zero attached hydrogens (tertiary/aromatic N) is 4. The number of imidazole rings is 1. The largest absolute Gasteiger partial charge is 0.372 e. The van der Waals surface area contributed by atoms with E-state index in [2.05, 4.69) is 4.98 Å². The van der Waals surface area contributed by atoms with E-state index < -0.39 is 0 Å². The molecule has 0 aliphatic carbocycles. The highest BCUT2D eigenvalue weighted by Crippen LogP contribution is 2.30. The van der Waals surface area contributed by atoms with E-state index >= 15 is 0 Å². The summed E-state index contributed by atoms with van der Waals surface area (Å²) in [6.45, 7) is 1.70. The third-order valence-electron chi connectivity index (χ3n) is 3.32. The molecule has 2 aromatic rings. The maximum atomic E-state index is 11.3. The zero-order valence-electron chi connectivity index (χ0n) is 9.95. The molecule has 0 saturated carbocycles. The first-order chi connectivity index (χ1) is 8.77. The number of aromatic nitrogens is 2. The van der Waals surface area contributed by atoms with Crippen molar-refractivity contribution < 1.29 is 4.92 Å².